The number of hydrogen-bond acceptors (Lipinski definition) is 5. The number of aryl methyl sites for hydroxylation is 2. The van der Waals surface area contributed by atoms with E-state index in [2.05, 4.69) is 21.5 Å². The number of rotatable bonds is 2. The Kier molecular flexibility index (Phi) is 3.47. The molecule has 22 heavy (non-hydrogen) atoms. The third-order valence-electron chi connectivity index (χ3n) is 3.35. The molecule has 0 amide bonds. The van der Waals surface area contributed by atoms with E-state index in [1.54, 1.807) is 12.1 Å². The zero-order valence-electron chi connectivity index (χ0n) is 12.3. The van der Waals surface area contributed by atoms with Gasteiger partial charge in [0.15, 0.2) is 0 Å². The zero-order chi connectivity index (χ0) is 15.7. The maximum absolute atomic E-state index is 9.95. The molecule has 0 fully saturated rings. The maximum Gasteiger partial charge on any atom is 0.128 e. The number of benzene rings is 2. The topological polar surface area (TPSA) is 79.1 Å². The van der Waals surface area contributed by atoms with Crippen molar-refractivity contribution < 1.29 is 10.2 Å². The molecule has 2 N–H and O–H groups in total. The predicted molar refractivity (Wildman–Crippen MR) is 83.5 cm³/mol. The molecule has 0 aliphatic carbocycles. The molecule has 0 aliphatic rings. The van der Waals surface area contributed by atoms with Gasteiger partial charge in [-0.05, 0) is 49.4 Å². The van der Waals surface area contributed by atoms with Gasteiger partial charge in [0.25, 0.3) is 0 Å². The summed E-state index contributed by atoms with van der Waals surface area (Å²) in [5, 5.41) is 31.1. The molecule has 5 heteroatoms. The first-order valence-electron chi connectivity index (χ1n) is 6.84. The second-order valence-electron chi connectivity index (χ2n) is 5.28. The van der Waals surface area contributed by atoms with Gasteiger partial charge in [-0.3, -0.25) is 0 Å². The molecule has 3 rings (SSSR count). The third kappa shape index (κ3) is 2.74. The van der Waals surface area contributed by atoms with Crippen LogP contribution < -0.4 is 0 Å². The second kappa shape index (κ2) is 5.44. The fourth-order valence-corrected chi connectivity index (χ4v) is 2.44. The first-order valence-corrected chi connectivity index (χ1v) is 6.84. The lowest BCUT2D eigenvalue weighted by Gasteiger charge is -2.07. The number of aromatic nitrogens is 3. The van der Waals surface area contributed by atoms with Crippen LogP contribution in [0.1, 0.15) is 11.1 Å². The van der Waals surface area contributed by atoms with E-state index < -0.39 is 0 Å². The van der Waals surface area contributed by atoms with E-state index >= 15 is 0 Å². The van der Waals surface area contributed by atoms with Gasteiger partial charge in [-0.2, -0.15) is 0 Å². The number of hydrogen-bond donors (Lipinski definition) is 2. The normalized spacial score (nSPS) is 10.6. The molecule has 0 spiro atoms. The summed E-state index contributed by atoms with van der Waals surface area (Å²) in [5.41, 5.74) is 4.92. The van der Waals surface area contributed by atoms with Crippen molar-refractivity contribution in [3.05, 3.63) is 53.6 Å². The SMILES string of the molecule is Cc1cc(C)cc(-c2cc(-c3ccc(O)cc3O)nnn2)c1. The minimum Gasteiger partial charge on any atom is -0.508 e. The molecular weight excluding hydrogens is 278 g/mol. The highest BCUT2D eigenvalue weighted by Crippen LogP contribution is 2.32. The van der Waals surface area contributed by atoms with Crippen molar-refractivity contribution >= 4 is 0 Å². The molecule has 3 aromatic rings. The largest absolute Gasteiger partial charge is 0.508 e. The van der Waals surface area contributed by atoms with Crippen LogP contribution in [0.4, 0.5) is 0 Å². The van der Waals surface area contributed by atoms with Gasteiger partial charge in [0.2, 0.25) is 0 Å². The quantitative estimate of drug-likeness (QED) is 0.758. The fourth-order valence-electron chi connectivity index (χ4n) is 2.44. The first kappa shape index (κ1) is 14.0. The van der Waals surface area contributed by atoms with Crippen LogP contribution in [-0.2, 0) is 0 Å². The predicted octanol–water partition coefficient (Wildman–Crippen LogP) is 3.23. The molecule has 110 valence electrons. The van der Waals surface area contributed by atoms with Crippen LogP contribution in [-0.4, -0.2) is 25.6 Å². The Labute approximate surface area is 127 Å². The van der Waals surface area contributed by atoms with Gasteiger partial charge in [0.1, 0.15) is 17.2 Å². The van der Waals surface area contributed by atoms with Crippen LogP contribution in [0.15, 0.2) is 42.5 Å². The van der Waals surface area contributed by atoms with Gasteiger partial charge in [0, 0.05) is 17.2 Å². The van der Waals surface area contributed by atoms with Crippen LogP contribution in [0.3, 0.4) is 0 Å². The molecule has 1 heterocycles. The van der Waals surface area contributed by atoms with Crippen LogP contribution in [0.5, 0.6) is 11.5 Å². The standard InChI is InChI=1S/C17H15N3O2/c1-10-5-11(2)7-12(6-10)15-9-16(19-20-18-15)14-4-3-13(21)8-17(14)22/h3-9,21-22H,1-2H3. The van der Waals surface area contributed by atoms with Crippen molar-refractivity contribution in [2.75, 3.05) is 0 Å². The van der Waals surface area contributed by atoms with Crippen LogP contribution >= 0.6 is 0 Å². The summed E-state index contributed by atoms with van der Waals surface area (Å²) in [6.45, 7) is 4.05. The Bertz CT molecular complexity index is 827. The highest BCUT2D eigenvalue weighted by atomic mass is 16.3. The Morgan fingerprint density at radius 3 is 2.14 bits per heavy atom. The smallest absolute Gasteiger partial charge is 0.128 e. The van der Waals surface area contributed by atoms with E-state index in [0.29, 0.717) is 17.0 Å². The third-order valence-corrected chi connectivity index (χ3v) is 3.35. The Hall–Kier alpha value is -2.95. The van der Waals surface area contributed by atoms with Gasteiger partial charge < -0.3 is 10.2 Å². The van der Waals surface area contributed by atoms with Crippen LogP contribution in [0, 0.1) is 13.8 Å². The summed E-state index contributed by atoms with van der Waals surface area (Å²) >= 11 is 0. The minimum absolute atomic E-state index is 0.00204. The summed E-state index contributed by atoms with van der Waals surface area (Å²) in [6.07, 6.45) is 0. The van der Waals surface area contributed by atoms with Crippen molar-refractivity contribution in [3.8, 4) is 34.0 Å². The number of aromatic hydroxyl groups is 2. The number of nitrogens with zero attached hydrogens (tertiary/aromatic N) is 3. The maximum atomic E-state index is 9.95. The van der Waals surface area contributed by atoms with E-state index in [0.717, 1.165) is 16.7 Å². The van der Waals surface area contributed by atoms with E-state index in [1.807, 2.05) is 26.0 Å². The minimum atomic E-state index is -0.0492. The molecular formula is C17H15N3O2. The molecule has 0 aliphatic heterocycles. The fraction of sp³-hybridized carbons (Fsp3) is 0.118. The molecule has 2 aromatic carbocycles. The molecule has 5 nitrogen and oxygen atoms in total. The lowest BCUT2D eigenvalue weighted by Crippen LogP contribution is -1.95. The van der Waals surface area contributed by atoms with Gasteiger partial charge in [-0.25, -0.2) is 0 Å². The van der Waals surface area contributed by atoms with Crippen molar-refractivity contribution in [1.82, 2.24) is 15.4 Å². The number of phenols is 2. The molecule has 0 unspecified atom stereocenters. The summed E-state index contributed by atoms with van der Waals surface area (Å²) in [6, 6.07) is 12.3. The lowest BCUT2D eigenvalue weighted by molar-refractivity contribution is 0.451. The highest BCUT2D eigenvalue weighted by Gasteiger charge is 2.10. The lowest BCUT2D eigenvalue weighted by atomic mass is 10.0. The zero-order valence-corrected chi connectivity index (χ0v) is 12.3. The molecule has 0 saturated carbocycles. The van der Waals surface area contributed by atoms with E-state index in [4.69, 9.17) is 0 Å². The van der Waals surface area contributed by atoms with E-state index in [-0.39, 0.29) is 11.5 Å². The Balaban J connectivity index is 2.09. The van der Waals surface area contributed by atoms with Crippen molar-refractivity contribution in [2.24, 2.45) is 0 Å². The second-order valence-corrected chi connectivity index (χ2v) is 5.28. The summed E-state index contributed by atoms with van der Waals surface area (Å²) in [5.74, 6) is -0.0512. The van der Waals surface area contributed by atoms with Gasteiger partial charge in [-0.15, -0.1) is 10.2 Å². The van der Waals surface area contributed by atoms with Gasteiger partial charge in [-0.1, -0.05) is 17.2 Å². The van der Waals surface area contributed by atoms with E-state index in [1.165, 1.54) is 12.1 Å². The Morgan fingerprint density at radius 2 is 1.45 bits per heavy atom. The van der Waals surface area contributed by atoms with Crippen LogP contribution in [0.25, 0.3) is 22.5 Å². The molecule has 0 saturated heterocycles. The summed E-state index contributed by atoms with van der Waals surface area (Å²) in [7, 11) is 0. The van der Waals surface area contributed by atoms with Crippen molar-refractivity contribution in [3.63, 3.8) is 0 Å². The summed E-state index contributed by atoms with van der Waals surface area (Å²) < 4.78 is 0. The molecule has 0 atom stereocenters. The number of phenolic OH excluding ortho intramolecular Hbond substituents is 2. The van der Waals surface area contributed by atoms with Crippen molar-refractivity contribution in [2.45, 2.75) is 13.8 Å². The average Bonchev–Trinajstić information content (AvgIpc) is 2.46. The average molecular weight is 293 g/mol. The van der Waals surface area contributed by atoms with Crippen LogP contribution in [0.2, 0.25) is 0 Å². The van der Waals surface area contributed by atoms with Gasteiger partial charge >= 0.3 is 0 Å². The molecule has 1 aromatic heterocycles. The molecule has 0 radical (unpaired) electrons. The van der Waals surface area contributed by atoms with Crippen molar-refractivity contribution in [1.29, 1.82) is 0 Å². The molecule has 0 bridgehead atoms. The van der Waals surface area contributed by atoms with E-state index in [9.17, 15) is 10.2 Å². The van der Waals surface area contributed by atoms with Gasteiger partial charge in [0.05, 0.1) is 5.69 Å². The monoisotopic (exact) mass is 293 g/mol. The highest BCUT2D eigenvalue weighted by molar-refractivity contribution is 5.72. The summed E-state index contributed by atoms with van der Waals surface area (Å²) in [4.78, 5) is 0. The first-order chi connectivity index (χ1) is 10.5. The Morgan fingerprint density at radius 1 is 0.773 bits per heavy atom.